The molecule has 1 aliphatic heterocycles. The van der Waals surface area contributed by atoms with Gasteiger partial charge in [0.05, 0.1) is 5.22 Å². The molecule has 0 amide bonds. The van der Waals surface area contributed by atoms with Crippen LogP contribution < -0.4 is 10.6 Å². The fraction of sp³-hybridized carbons (Fsp3) is 0.357. The lowest BCUT2D eigenvalue weighted by molar-refractivity contribution is 0.0838. The van der Waals surface area contributed by atoms with Crippen LogP contribution >= 0.6 is 0 Å². The third-order valence-corrected chi connectivity index (χ3v) is 7.11. The van der Waals surface area contributed by atoms with Gasteiger partial charge < -0.3 is 14.5 Å². The molecule has 2 aromatic carbocycles. The molecule has 34 heavy (non-hydrogen) atoms. The second kappa shape index (κ2) is 9.94. The predicted octanol–water partition coefficient (Wildman–Crippen LogP) is 4.32. The molecule has 0 spiro atoms. The molecular weight excluding hydrogens is 431 g/mol. The summed E-state index contributed by atoms with van der Waals surface area (Å²) < 4.78 is 18.6. The molecule has 0 radical (unpaired) electrons. The summed E-state index contributed by atoms with van der Waals surface area (Å²) >= 11 is 0. The van der Waals surface area contributed by atoms with Crippen molar-refractivity contribution in [1.82, 2.24) is 10.1 Å². The summed E-state index contributed by atoms with van der Waals surface area (Å²) in [5, 5.41) is 16.0. The van der Waals surface area contributed by atoms with Gasteiger partial charge in [0, 0.05) is 23.0 Å². The van der Waals surface area contributed by atoms with Crippen molar-refractivity contribution >= 4 is 17.6 Å². The third kappa shape index (κ3) is 4.68. The summed E-state index contributed by atoms with van der Waals surface area (Å²) in [4.78, 5) is 15.1. The minimum atomic E-state index is -0.318. The van der Waals surface area contributed by atoms with Gasteiger partial charge in [-0.15, -0.1) is 0 Å². The van der Waals surface area contributed by atoms with Crippen molar-refractivity contribution in [3.8, 4) is 11.3 Å². The second-order valence-corrected chi connectivity index (χ2v) is 9.29. The van der Waals surface area contributed by atoms with E-state index in [2.05, 4.69) is 10.1 Å². The van der Waals surface area contributed by atoms with Crippen molar-refractivity contribution in [1.29, 1.82) is 0 Å². The Morgan fingerprint density at radius 1 is 1.09 bits per heavy atom. The van der Waals surface area contributed by atoms with Gasteiger partial charge in [0.15, 0.2) is 11.2 Å². The normalized spacial score (nSPS) is 19.0. The summed E-state index contributed by atoms with van der Waals surface area (Å²) in [5.74, 6) is 0.251. The number of carbonyl (C=O) groups excluding carboxylic acids is 1. The number of nitrogens with zero attached hydrogens (tertiary/aromatic N) is 2. The molecule has 1 aliphatic carbocycles. The van der Waals surface area contributed by atoms with E-state index in [-0.39, 0.29) is 23.4 Å². The summed E-state index contributed by atoms with van der Waals surface area (Å²) in [6.07, 6.45) is 6.29. The average Bonchev–Trinajstić information content (AvgIpc) is 3.31. The fourth-order valence-corrected chi connectivity index (χ4v) is 5.13. The number of aliphatic hydroxyl groups is 1. The van der Waals surface area contributed by atoms with E-state index < -0.39 is 0 Å². The molecule has 1 N–H and O–H groups in total. The van der Waals surface area contributed by atoms with Crippen LogP contribution in [0.25, 0.3) is 23.1 Å². The number of halogens is 1. The minimum Gasteiger partial charge on any atom is -0.511 e. The van der Waals surface area contributed by atoms with Crippen LogP contribution in [-0.2, 0) is 0 Å². The summed E-state index contributed by atoms with van der Waals surface area (Å²) in [5.41, 5.74) is 2.89. The van der Waals surface area contributed by atoms with Gasteiger partial charge in [-0.2, -0.15) is 0 Å². The number of piperidine rings is 1. The third-order valence-electron chi connectivity index (χ3n) is 7.11. The number of aromatic nitrogens is 1. The first-order chi connectivity index (χ1) is 16.6. The van der Waals surface area contributed by atoms with Crippen molar-refractivity contribution in [2.75, 3.05) is 19.6 Å². The molecule has 1 unspecified atom stereocenters. The largest absolute Gasteiger partial charge is 0.511 e. The molecule has 176 valence electrons. The molecule has 1 aromatic heterocycles. The van der Waals surface area contributed by atoms with E-state index in [1.54, 1.807) is 12.1 Å². The number of hydrogen-bond acceptors (Lipinski definition) is 5. The molecule has 5 nitrogen and oxygen atoms in total. The SMILES string of the molecule is O=C(c1ccc(F)cc1)C1CCN(CCCC2CC=c3onc(-c4ccccc4)c3=C2O)CC1. The van der Waals surface area contributed by atoms with Crippen LogP contribution in [-0.4, -0.2) is 40.6 Å². The Balaban J connectivity index is 1.15. The maximum absolute atomic E-state index is 13.1. The number of fused-ring (bicyclic) bond motifs is 1. The molecule has 5 rings (SSSR count). The van der Waals surface area contributed by atoms with Crippen LogP contribution in [0.2, 0.25) is 0 Å². The van der Waals surface area contributed by atoms with E-state index in [1.165, 1.54) is 12.1 Å². The molecular formula is C28H29FN2O3. The molecule has 0 bridgehead atoms. The molecule has 1 saturated heterocycles. The lowest BCUT2D eigenvalue weighted by Gasteiger charge is -2.31. The van der Waals surface area contributed by atoms with Crippen LogP contribution in [0.15, 0.2) is 59.1 Å². The molecule has 2 aliphatic rings. The maximum Gasteiger partial charge on any atom is 0.166 e. The lowest BCUT2D eigenvalue weighted by Crippen LogP contribution is -2.37. The van der Waals surface area contributed by atoms with Gasteiger partial charge in [-0.25, -0.2) is 4.39 Å². The number of ketones is 1. The maximum atomic E-state index is 13.1. The predicted molar refractivity (Wildman–Crippen MR) is 129 cm³/mol. The molecule has 1 atom stereocenters. The Morgan fingerprint density at radius 3 is 2.56 bits per heavy atom. The zero-order valence-electron chi connectivity index (χ0n) is 19.1. The van der Waals surface area contributed by atoms with E-state index in [0.29, 0.717) is 22.4 Å². The van der Waals surface area contributed by atoms with Crippen LogP contribution in [0.3, 0.4) is 0 Å². The molecule has 0 saturated carbocycles. The highest BCUT2D eigenvalue weighted by molar-refractivity contribution is 5.97. The standard InChI is InChI=1S/C28H29FN2O3/c29-23-11-8-21(9-12-23)27(32)22-14-17-31(18-15-22)16-4-7-20-10-13-24-25(28(20)33)26(30-34-24)19-5-2-1-3-6-19/h1-3,5-6,8-9,11-13,20,22,33H,4,7,10,14-18H2. The number of hydrogen-bond donors (Lipinski definition) is 1. The number of rotatable bonds is 7. The van der Waals surface area contributed by atoms with Gasteiger partial charge in [-0.3, -0.25) is 4.79 Å². The highest BCUT2D eigenvalue weighted by Crippen LogP contribution is 2.26. The first-order valence-electron chi connectivity index (χ1n) is 12.1. The van der Waals surface area contributed by atoms with E-state index in [1.807, 2.05) is 36.4 Å². The molecule has 6 heteroatoms. The van der Waals surface area contributed by atoms with E-state index in [9.17, 15) is 14.3 Å². The Hall–Kier alpha value is -3.25. The van der Waals surface area contributed by atoms with Crippen LogP contribution in [0.1, 0.15) is 42.5 Å². The zero-order chi connectivity index (χ0) is 23.5. The fourth-order valence-electron chi connectivity index (χ4n) is 5.13. The Morgan fingerprint density at radius 2 is 1.82 bits per heavy atom. The summed E-state index contributed by atoms with van der Waals surface area (Å²) in [6.45, 7) is 2.72. The second-order valence-electron chi connectivity index (χ2n) is 9.29. The van der Waals surface area contributed by atoms with Crippen molar-refractivity contribution in [3.05, 3.63) is 76.6 Å². The van der Waals surface area contributed by atoms with Crippen molar-refractivity contribution in [3.63, 3.8) is 0 Å². The quantitative estimate of drug-likeness (QED) is 0.532. The first kappa shape index (κ1) is 22.5. The first-order valence-corrected chi connectivity index (χ1v) is 12.1. The number of likely N-dealkylation sites (tertiary alicyclic amines) is 1. The molecule has 2 heterocycles. The Kier molecular flexibility index (Phi) is 6.59. The highest BCUT2D eigenvalue weighted by Gasteiger charge is 2.26. The topological polar surface area (TPSA) is 66.6 Å². The summed E-state index contributed by atoms with van der Waals surface area (Å²) in [7, 11) is 0. The van der Waals surface area contributed by atoms with Crippen LogP contribution in [0.5, 0.6) is 0 Å². The van der Waals surface area contributed by atoms with E-state index >= 15 is 0 Å². The number of benzene rings is 2. The van der Waals surface area contributed by atoms with Gasteiger partial charge in [-0.05, 0) is 82.1 Å². The lowest BCUT2D eigenvalue weighted by atomic mass is 9.88. The number of carbonyl (C=O) groups is 1. The molecule has 3 aromatic rings. The monoisotopic (exact) mass is 460 g/mol. The number of aliphatic hydroxyl groups excluding tert-OH is 1. The van der Waals surface area contributed by atoms with Gasteiger partial charge in [0.1, 0.15) is 17.3 Å². The van der Waals surface area contributed by atoms with Crippen LogP contribution in [0.4, 0.5) is 4.39 Å². The Bertz CT molecular complexity index is 1260. The van der Waals surface area contributed by atoms with Crippen molar-refractivity contribution in [2.24, 2.45) is 11.8 Å². The zero-order valence-corrected chi connectivity index (χ0v) is 19.1. The summed E-state index contributed by atoms with van der Waals surface area (Å²) in [6, 6.07) is 15.7. The average molecular weight is 461 g/mol. The van der Waals surface area contributed by atoms with E-state index in [0.717, 1.165) is 62.5 Å². The van der Waals surface area contributed by atoms with Gasteiger partial charge >= 0.3 is 0 Å². The van der Waals surface area contributed by atoms with Crippen molar-refractivity contribution in [2.45, 2.75) is 32.1 Å². The molecule has 1 fully saturated rings. The van der Waals surface area contributed by atoms with Gasteiger partial charge in [-0.1, -0.05) is 35.5 Å². The van der Waals surface area contributed by atoms with Crippen LogP contribution in [0, 0.1) is 17.7 Å². The van der Waals surface area contributed by atoms with E-state index in [4.69, 9.17) is 4.52 Å². The smallest absolute Gasteiger partial charge is 0.166 e. The van der Waals surface area contributed by atoms with Crippen molar-refractivity contribution < 1.29 is 18.8 Å². The highest BCUT2D eigenvalue weighted by atomic mass is 19.1. The minimum absolute atomic E-state index is 0.00968. The van der Waals surface area contributed by atoms with Gasteiger partial charge in [0.2, 0.25) is 0 Å². The van der Waals surface area contributed by atoms with Gasteiger partial charge in [0.25, 0.3) is 0 Å². The number of Topliss-reactive ketones (excluding diaryl/α,β-unsaturated/α-hetero) is 1. The Labute approximate surface area is 198 Å².